The van der Waals surface area contributed by atoms with Crippen molar-refractivity contribution >= 4 is 21.9 Å². The second kappa shape index (κ2) is 6.23. The van der Waals surface area contributed by atoms with Gasteiger partial charge in [-0.15, -0.1) is 0 Å². The fourth-order valence-electron chi connectivity index (χ4n) is 2.27. The molecule has 2 rings (SSSR count). The van der Waals surface area contributed by atoms with Gasteiger partial charge in [-0.05, 0) is 59.8 Å². The molecule has 0 atom stereocenters. The third-order valence-electron chi connectivity index (χ3n) is 3.27. The van der Waals surface area contributed by atoms with E-state index in [0.717, 1.165) is 18.6 Å². The van der Waals surface area contributed by atoms with Gasteiger partial charge < -0.3 is 9.84 Å². The van der Waals surface area contributed by atoms with E-state index in [1.807, 2.05) is 0 Å². The summed E-state index contributed by atoms with van der Waals surface area (Å²) >= 11 is 3.37. The first-order chi connectivity index (χ1) is 8.66. The summed E-state index contributed by atoms with van der Waals surface area (Å²) in [5.74, 6) is -0.177. The highest BCUT2D eigenvalue weighted by Gasteiger charge is 2.15. The van der Waals surface area contributed by atoms with Gasteiger partial charge in [-0.2, -0.15) is 0 Å². The Morgan fingerprint density at radius 1 is 1.22 bits per heavy atom. The number of rotatable bonds is 3. The summed E-state index contributed by atoms with van der Waals surface area (Å²) in [5.41, 5.74) is 0.273. The molecule has 1 aliphatic rings. The van der Waals surface area contributed by atoms with Crippen molar-refractivity contribution in [1.29, 1.82) is 0 Å². The molecule has 1 N–H and O–H groups in total. The van der Waals surface area contributed by atoms with Gasteiger partial charge in [0, 0.05) is 0 Å². The maximum Gasteiger partial charge on any atom is 0.335 e. The summed E-state index contributed by atoms with van der Waals surface area (Å²) in [6, 6.07) is 4.91. The number of hydrogen-bond donors (Lipinski definition) is 1. The van der Waals surface area contributed by atoms with Crippen molar-refractivity contribution < 1.29 is 14.6 Å². The monoisotopic (exact) mass is 312 g/mol. The van der Waals surface area contributed by atoms with E-state index in [1.165, 1.54) is 25.7 Å². The van der Waals surface area contributed by atoms with Crippen molar-refractivity contribution in [2.24, 2.45) is 0 Å². The van der Waals surface area contributed by atoms with E-state index in [2.05, 4.69) is 15.9 Å². The molecule has 0 aromatic heterocycles. The standard InChI is InChI=1S/C14H17BrO3/c15-12-9-10(14(16)17)7-8-13(12)18-11-5-3-1-2-4-6-11/h7-9,11H,1-6H2,(H,16,17). The van der Waals surface area contributed by atoms with Gasteiger partial charge in [-0.1, -0.05) is 12.8 Å². The molecule has 0 spiro atoms. The average molecular weight is 313 g/mol. The molecule has 3 nitrogen and oxygen atoms in total. The van der Waals surface area contributed by atoms with Crippen molar-refractivity contribution in [2.75, 3.05) is 0 Å². The molecule has 98 valence electrons. The average Bonchev–Trinajstić information content (AvgIpc) is 2.60. The first kappa shape index (κ1) is 13.4. The quantitative estimate of drug-likeness (QED) is 0.849. The van der Waals surface area contributed by atoms with Crippen LogP contribution in [0.1, 0.15) is 48.9 Å². The highest BCUT2D eigenvalue weighted by molar-refractivity contribution is 9.10. The number of halogens is 1. The van der Waals surface area contributed by atoms with Crippen LogP contribution in [0.15, 0.2) is 22.7 Å². The first-order valence-corrected chi connectivity index (χ1v) is 7.15. The first-order valence-electron chi connectivity index (χ1n) is 6.36. The molecule has 0 heterocycles. The van der Waals surface area contributed by atoms with Crippen molar-refractivity contribution in [3.05, 3.63) is 28.2 Å². The van der Waals surface area contributed by atoms with Gasteiger partial charge in [0.05, 0.1) is 16.1 Å². The maximum atomic E-state index is 10.8. The summed E-state index contributed by atoms with van der Waals surface area (Å²) in [6.45, 7) is 0. The number of benzene rings is 1. The van der Waals surface area contributed by atoms with E-state index in [4.69, 9.17) is 9.84 Å². The lowest BCUT2D eigenvalue weighted by Gasteiger charge is -2.18. The molecule has 0 aliphatic heterocycles. The van der Waals surface area contributed by atoms with Crippen molar-refractivity contribution in [3.63, 3.8) is 0 Å². The summed E-state index contributed by atoms with van der Waals surface area (Å²) in [6.07, 6.45) is 7.46. The van der Waals surface area contributed by atoms with E-state index in [0.29, 0.717) is 4.47 Å². The summed E-state index contributed by atoms with van der Waals surface area (Å²) in [4.78, 5) is 10.8. The van der Waals surface area contributed by atoms with Crippen LogP contribution in [-0.4, -0.2) is 17.2 Å². The molecule has 1 aliphatic carbocycles. The van der Waals surface area contributed by atoms with Crippen LogP contribution in [0.25, 0.3) is 0 Å². The molecule has 1 aromatic rings. The molecule has 0 unspecified atom stereocenters. The second-order valence-corrected chi connectivity index (χ2v) is 5.54. The van der Waals surface area contributed by atoms with Gasteiger partial charge in [0.15, 0.2) is 0 Å². The fourth-order valence-corrected chi connectivity index (χ4v) is 2.74. The van der Waals surface area contributed by atoms with Gasteiger partial charge in [-0.25, -0.2) is 4.79 Å². The Bertz CT molecular complexity index is 423. The lowest BCUT2D eigenvalue weighted by Crippen LogP contribution is -2.15. The van der Waals surface area contributed by atoms with Gasteiger partial charge in [0.2, 0.25) is 0 Å². The van der Waals surface area contributed by atoms with Crippen LogP contribution in [0.3, 0.4) is 0 Å². The zero-order valence-corrected chi connectivity index (χ0v) is 11.8. The molecular weight excluding hydrogens is 296 g/mol. The van der Waals surface area contributed by atoms with Gasteiger partial charge >= 0.3 is 5.97 Å². The maximum absolute atomic E-state index is 10.8. The van der Waals surface area contributed by atoms with Gasteiger partial charge in [-0.3, -0.25) is 0 Å². The molecular formula is C14H17BrO3. The number of carbonyl (C=O) groups is 1. The van der Waals surface area contributed by atoms with Crippen LogP contribution in [0.5, 0.6) is 5.75 Å². The van der Waals surface area contributed by atoms with Crippen molar-refractivity contribution in [3.8, 4) is 5.75 Å². The zero-order valence-electron chi connectivity index (χ0n) is 10.2. The summed E-state index contributed by atoms with van der Waals surface area (Å²) in [5, 5.41) is 8.90. The zero-order chi connectivity index (χ0) is 13.0. The Hall–Kier alpha value is -1.03. The molecule has 4 heteroatoms. The van der Waals surface area contributed by atoms with Crippen LogP contribution in [0.4, 0.5) is 0 Å². The minimum atomic E-state index is -0.920. The normalized spacial score (nSPS) is 17.2. The Morgan fingerprint density at radius 2 is 1.89 bits per heavy atom. The Labute approximate surface area is 115 Å². The molecule has 0 saturated heterocycles. The predicted octanol–water partition coefficient (Wildman–Crippen LogP) is 4.25. The third-order valence-corrected chi connectivity index (χ3v) is 3.89. The molecule has 0 amide bonds. The molecule has 1 aromatic carbocycles. The second-order valence-electron chi connectivity index (χ2n) is 4.68. The molecule has 0 radical (unpaired) electrons. The third kappa shape index (κ3) is 3.48. The van der Waals surface area contributed by atoms with Gasteiger partial charge in [0.25, 0.3) is 0 Å². The molecule has 1 fully saturated rings. The van der Waals surface area contributed by atoms with E-state index >= 15 is 0 Å². The fraction of sp³-hybridized carbons (Fsp3) is 0.500. The smallest absolute Gasteiger partial charge is 0.335 e. The van der Waals surface area contributed by atoms with Gasteiger partial charge in [0.1, 0.15) is 5.75 Å². The Balaban J connectivity index is 2.06. The molecule has 1 saturated carbocycles. The number of carboxylic acid groups (broad SMARTS) is 1. The Morgan fingerprint density at radius 3 is 2.44 bits per heavy atom. The highest BCUT2D eigenvalue weighted by Crippen LogP contribution is 2.29. The molecule has 0 bridgehead atoms. The van der Waals surface area contributed by atoms with Crippen LogP contribution < -0.4 is 4.74 Å². The number of aromatic carboxylic acids is 1. The SMILES string of the molecule is O=C(O)c1ccc(OC2CCCCCC2)c(Br)c1. The molecule has 18 heavy (non-hydrogen) atoms. The predicted molar refractivity (Wildman–Crippen MR) is 73.2 cm³/mol. The number of carboxylic acids is 1. The van der Waals surface area contributed by atoms with E-state index in [-0.39, 0.29) is 11.7 Å². The van der Waals surface area contributed by atoms with E-state index in [9.17, 15) is 4.79 Å². The van der Waals surface area contributed by atoms with E-state index < -0.39 is 5.97 Å². The van der Waals surface area contributed by atoms with Crippen LogP contribution in [0.2, 0.25) is 0 Å². The topological polar surface area (TPSA) is 46.5 Å². The Kier molecular flexibility index (Phi) is 4.64. The summed E-state index contributed by atoms with van der Waals surface area (Å²) < 4.78 is 6.68. The van der Waals surface area contributed by atoms with Crippen LogP contribution in [0, 0.1) is 0 Å². The van der Waals surface area contributed by atoms with Crippen molar-refractivity contribution in [2.45, 2.75) is 44.6 Å². The lowest BCUT2D eigenvalue weighted by atomic mass is 10.1. The van der Waals surface area contributed by atoms with E-state index in [1.54, 1.807) is 18.2 Å². The number of hydrogen-bond acceptors (Lipinski definition) is 2. The van der Waals surface area contributed by atoms with Crippen LogP contribution in [-0.2, 0) is 0 Å². The van der Waals surface area contributed by atoms with Crippen LogP contribution >= 0.6 is 15.9 Å². The largest absolute Gasteiger partial charge is 0.489 e. The minimum absolute atomic E-state index is 0.263. The number of ether oxygens (including phenoxy) is 1. The highest BCUT2D eigenvalue weighted by atomic mass is 79.9. The lowest BCUT2D eigenvalue weighted by molar-refractivity contribution is 0.0696. The van der Waals surface area contributed by atoms with Crippen molar-refractivity contribution in [1.82, 2.24) is 0 Å². The summed E-state index contributed by atoms with van der Waals surface area (Å²) in [7, 11) is 0. The minimum Gasteiger partial charge on any atom is -0.489 e.